The van der Waals surface area contributed by atoms with E-state index in [2.05, 4.69) is 5.32 Å². The zero-order valence-electron chi connectivity index (χ0n) is 18.4. The van der Waals surface area contributed by atoms with Crippen molar-refractivity contribution in [1.29, 1.82) is 0 Å². The van der Waals surface area contributed by atoms with Crippen LogP contribution in [0.4, 0.5) is 11.4 Å². The van der Waals surface area contributed by atoms with Gasteiger partial charge in [-0.25, -0.2) is 0 Å². The maximum absolute atomic E-state index is 12.6. The van der Waals surface area contributed by atoms with Crippen molar-refractivity contribution in [3.63, 3.8) is 0 Å². The van der Waals surface area contributed by atoms with Crippen LogP contribution in [0.2, 0.25) is 10.0 Å². The van der Waals surface area contributed by atoms with Crippen molar-refractivity contribution in [2.45, 2.75) is 25.9 Å². The lowest BCUT2D eigenvalue weighted by molar-refractivity contribution is -0.125. The highest BCUT2D eigenvalue weighted by atomic mass is 35.5. The molecule has 2 amide bonds. The number of nitrogens with zero attached hydrogens (tertiary/aromatic N) is 2. The molecule has 1 aliphatic rings. The predicted molar refractivity (Wildman–Crippen MR) is 127 cm³/mol. The van der Waals surface area contributed by atoms with Gasteiger partial charge >= 0.3 is 0 Å². The number of hydrogen-bond donors (Lipinski definition) is 1. The molecule has 1 unspecified atom stereocenters. The Morgan fingerprint density at radius 2 is 2.00 bits per heavy atom. The van der Waals surface area contributed by atoms with Crippen LogP contribution in [0.25, 0.3) is 0 Å². The van der Waals surface area contributed by atoms with Crippen LogP contribution in [-0.4, -0.2) is 56.6 Å². The van der Waals surface area contributed by atoms with Crippen molar-refractivity contribution >= 4 is 46.4 Å². The SMILES string of the molecule is CC1Oc2ccc(NC(=O)CCCOc3ccc(Cl)cc3Cl)cc2N(CCN(C)C)C1=O. The molecular formula is C23H27Cl2N3O4. The summed E-state index contributed by atoms with van der Waals surface area (Å²) < 4.78 is 11.3. The standard InChI is InChI=1S/C23H27Cl2N3O4/c1-15-23(30)28(11-10-27(2)3)19-14-17(7-9-21(19)32-15)26-22(29)5-4-12-31-20-8-6-16(24)13-18(20)25/h6-9,13-15H,4-5,10-12H2,1-3H3,(H,26,29). The molecule has 2 aromatic carbocycles. The Labute approximate surface area is 198 Å². The Hall–Kier alpha value is -2.48. The maximum atomic E-state index is 12.6. The Balaban J connectivity index is 1.56. The quantitative estimate of drug-likeness (QED) is 0.537. The van der Waals surface area contributed by atoms with Gasteiger partial charge in [0.05, 0.1) is 17.3 Å². The molecule has 1 atom stereocenters. The molecule has 172 valence electrons. The second-order valence-corrected chi connectivity index (χ2v) is 8.65. The van der Waals surface area contributed by atoms with Crippen molar-refractivity contribution in [1.82, 2.24) is 4.90 Å². The van der Waals surface area contributed by atoms with Crippen LogP contribution in [0, 0.1) is 0 Å². The summed E-state index contributed by atoms with van der Waals surface area (Å²) in [7, 11) is 3.91. The lowest BCUT2D eigenvalue weighted by Gasteiger charge is -2.34. The average Bonchev–Trinajstić information content (AvgIpc) is 2.73. The third kappa shape index (κ3) is 6.28. The Kier molecular flexibility index (Phi) is 8.23. The Morgan fingerprint density at radius 3 is 2.72 bits per heavy atom. The van der Waals surface area contributed by atoms with E-state index in [9.17, 15) is 9.59 Å². The highest BCUT2D eigenvalue weighted by Gasteiger charge is 2.31. The number of anilines is 2. The number of carbonyl (C=O) groups is 2. The zero-order chi connectivity index (χ0) is 23.3. The number of nitrogens with one attached hydrogen (secondary N) is 1. The molecule has 32 heavy (non-hydrogen) atoms. The second-order valence-electron chi connectivity index (χ2n) is 7.81. The summed E-state index contributed by atoms with van der Waals surface area (Å²) in [5.74, 6) is 0.915. The van der Waals surface area contributed by atoms with Crippen molar-refractivity contribution in [3.05, 3.63) is 46.4 Å². The highest BCUT2D eigenvalue weighted by molar-refractivity contribution is 6.35. The van der Waals surface area contributed by atoms with Gasteiger partial charge in [-0.3, -0.25) is 9.59 Å². The minimum absolute atomic E-state index is 0.0964. The van der Waals surface area contributed by atoms with E-state index in [0.29, 0.717) is 59.0 Å². The third-order valence-electron chi connectivity index (χ3n) is 4.92. The minimum Gasteiger partial charge on any atom is -0.492 e. The number of amides is 2. The Morgan fingerprint density at radius 1 is 1.22 bits per heavy atom. The summed E-state index contributed by atoms with van der Waals surface area (Å²) in [5, 5.41) is 3.85. The first kappa shape index (κ1) is 24.2. The summed E-state index contributed by atoms with van der Waals surface area (Å²) in [6, 6.07) is 10.3. The molecule has 0 aromatic heterocycles. The first-order valence-corrected chi connectivity index (χ1v) is 11.1. The number of benzene rings is 2. The van der Waals surface area contributed by atoms with Gasteiger partial charge in [0.2, 0.25) is 5.91 Å². The van der Waals surface area contributed by atoms with Crippen molar-refractivity contribution < 1.29 is 19.1 Å². The first-order valence-electron chi connectivity index (χ1n) is 10.4. The molecule has 7 nitrogen and oxygen atoms in total. The van der Waals surface area contributed by atoms with Gasteiger partial charge in [0.1, 0.15) is 11.5 Å². The smallest absolute Gasteiger partial charge is 0.267 e. The van der Waals surface area contributed by atoms with E-state index in [4.69, 9.17) is 32.7 Å². The maximum Gasteiger partial charge on any atom is 0.267 e. The van der Waals surface area contributed by atoms with E-state index in [-0.39, 0.29) is 18.2 Å². The molecule has 3 rings (SSSR count). The number of fused-ring (bicyclic) bond motifs is 1. The van der Waals surface area contributed by atoms with Gasteiger partial charge in [-0.05, 0) is 63.8 Å². The van der Waals surface area contributed by atoms with Gasteiger partial charge in [-0.1, -0.05) is 23.2 Å². The molecular weight excluding hydrogens is 453 g/mol. The largest absolute Gasteiger partial charge is 0.492 e. The van der Waals surface area contributed by atoms with Gasteiger partial charge in [0.15, 0.2) is 6.10 Å². The number of halogens is 2. The molecule has 0 fully saturated rings. The van der Waals surface area contributed by atoms with Crippen LogP contribution in [0.15, 0.2) is 36.4 Å². The lowest BCUT2D eigenvalue weighted by atomic mass is 10.1. The molecule has 1 heterocycles. The van der Waals surface area contributed by atoms with Crippen LogP contribution in [0.3, 0.4) is 0 Å². The van der Waals surface area contributed by atoms with Crippen LogP contribution in [0.5, 0.6) is 11.5 Å². The fourth-order valence-electron chi connectivity index (χ4n) is 3.25. The fraction of sp³-hybridized carbons (Fsp3) is 0.391. The topological polar surface area (TPSA) is 71.1 Å². The van der Waals surface area contributed by atoms with Crippen molar-refractivity contribution in [3.8, 4) is 11.5 Å². The summed E-state index contributed by atoms with van der Waals surface area (Å²) >= 11 is 11.9. The summed E-state index contributed by atoms with van der Waals surface area (Å²) in [4.78, 5) is 28.7. The normalized spacial score (nSPS) is 15.4. The molecule has 1 N–H and O–H groups in total. The van der Waals surface area contributed by atoms with E-state index in [1.54, 1.807) is 48.2 Å². The monoisotopic (exact) mass is 479 g/mol. The number of hydrogen-bond acceptors (Lipinski definition) is 5. The van der Waals surface area contributed by atoms with Crippen molar-refractivity contribution in [2.75, 3.05) is 44.0 Å². The molecule has 0 saturated heterocycles. The molecule has 9 heteroatoms. The van der Waals surface area contributed by atoms with Crippen molar-refractivity contribution in [2.24, 2.45) is 0 Å². The van der Waals surface area contributed by atoms with E-state index < -0.39 is 6.10 Å². The average molecular weight is 480 g/mol. The molecule has 1 aliphatic heterocycles. The minimum atomic E-state index is -0.542. The van der Waals surface area contributed by atoms with Gasteiger partial charge in [0, 0.05) is 30.2 Å². The number of rotatable bonds is 9. The summed E-state index contributed by atoms with van der Waals surface area (Å²) in [5.41, 5.74) is 1.27. The summed E-state index contributed by atoms with van der Waals surface area (Å²) in [6.45, 7) is 3.33. The number of ether oxygens (including phenoxy) is 2. The second kappa shape index (κ2) is 10.9. The van der Waals surface area contributed by atoms with Crippen LogP contribution >= 0.6 is 23.2 Å². The Bertz CT molecular complexity index is 984. The van der Waals surface area contributed by atoms with E-state index >= 15 is 0 Å². The summed E-state index contributed by atoms with van der Waals surface area (Å²) in [6.07, 6.45) is 0.252. The van der Waals surface area contributed by atoms with E-state index in [1.165, 1.54) is 0 Å². The zero-order valence-corrected chi connectivity index (χ0v) is 19.9. The molecule has 2 aromatic rings. The van der Waals surface area contributed by atoms with Crippen LogP contribution < -0.4 is 19.7 Å². The molecule has 0 bridgehead atoms. The molecule has 0 spiro atoms. The molecule has 0 saturated carbocycles. The highest BCUT2D eigenvalue weighted by Crippen LogP contribution is 2.36. The predicted octanol–water partition coefficient (Wildman–Crippen LogP) is 4.47. The van der Waals surface area contributed by atoms with Crippen LogP contribution in [-0.2, 0) is 9.59 Å². The van der Waals surface area contributed by atoms with Gasteiger partial charge in [-0.15, -0.1) is 0 Å². The third-order valence-corrected chi connectivity index (χ3v) is 5.45. The first-order chi connectivity index (χ1) is 15.2. The molecule has 0 aliphatic carbocycles. The van der Waals surface area contributed by atoms with Crippen LogP contribution in [0.1, 0.15) is 19.8 Å². The number of likely N-dealkylation sites (N-methyl/N-ethyl adjacent to an activating group) is 1. The van der Waals surface area contributed by atoms with E-state index in [0.717, 1.165) is 0 Å². The number of carbonyl (C=O) groups excluding carboxylic acids is 2. The van der Waals surface area contributed by atoms with Gasteiger partial charge in [0.25, 0.3) is 5.91 Å². The van der Waals surface area contributed by atoms with E-state index in [1.807, 2.05) is 19.0 Å². The van der Waals surface area contributed by atoms with Gasteiger partial charge in [-0.2, -0.15) is 0 Å². The lowest BCUT2D eigenvalue weighted by Crippen LogP contribution is -2.46. The molecule has 0 radical (unpaired) electrons. The van der Waals surface area contributed by atoms with Gasteiger partial charge < -0.3 is 24.6 Å². The fourth-order valence-corrected chi connectivity index (χ4v) is 3.71.